The van der Waals surface area contributed by atoms with Crippen LogP contribution in [0.1, 0.15) is 25.0 Å². The van der Waals surface area contributed by atoms with Crippen LogP contribution in [-0.4, -0.2) is 22.4 Å². The van der Waals surface area contributed by atoms with Crippen LogP contribution >= 0.6 is 11.3 Å². The summed E-state index contributed by atoms with van der Waals surface area (Å²) in [7, 11) is -3.12. The van der Waals surface area contributed by atoms with Gasteiger partial charge in [-0.05, 0) is 40.0 Å². The van der Waals surface area contributed by atoms with Crippen LogP contribution in [0, 0.1) is 12.1 Å². The van der Waals surface area contributed by atoms with Crippen molar-refractivity contribution in [3.05, 3.63) is 206 Å². The van der Waals surface area contributed by atoms with Crippen LogP contribution in [0.2, 0.25) is 0 Å². The van der Waals surface area contributed by atoms with Gasteiger partial charge in [0.1, 0.15) is 13.9 Å². The van der Waals surface area contributed by atoms with E-state index in [4.69, 9.17) is 9.97 Å². The maximum atomic E-state index is 5.15. The second kappa shape index (κ2) is 13.9. The number of imidazole rings is 1. The molecule has 0 saturated carbocycles. The Hall–Kier alpha value is -6.20. The SMILES string of the molecule is CC1(C)c2cccnc2N(c2[c-]c([Si](c3[c-]c4c(cc3)c3ccccc3n3ccnc43)(c3ccccc3)c3ccccc3)ccc2)c2ccc3c(sc4ccccc43)c21.[Pd+2]. The standard InChI is InChI=1S/C53H36N4SSi.Pd/c1-53(2)45-23-14-30-54-52(45)57(47-29-28-43-42-22-10-12-25-48(42)58-50(43)49(47)53)35-15-13-20-38(33-35)59(36-16-5-3-6-17-36,37-18-7-4-8-19-37)39-26-27-40-41-21-9-11-24-46(41)56-32-31-55-51(56)44(40)34-39;/h3-32H,1-2H3;/q-2;+2. The van der Waals surface area contributed by atoms with E-state index in [9.17, 15) is 0 Å². The molecule has 1 aliphatic heterocycles. The van der Waals surface area contributed by atoms with Crippen LogP contribution < -0.4 is 25.6 Å². The van der Waals surface area contributed by atoms with E-state index >= 15 is 0 Å². The number of nitrogens with zero attached hydrogens (tertiary/aromatic N) is 4. The zero-order chi connectivity index (χ0) is 39.3. The van der Waals surface area contributed by atoms with Crippen molar-refractivity contribution in [1.29, 1.82) is 0 Å². The largest absolute Gasteiger partial charge is 2.00 e. The van der Waals surface area contributed by atoms with Gasteiger partial charge in [0.15, 0.2) is 0 Å². The Morgan fingerprint density at radius 3 is 2.08 bits per heavy atom. The van der Waals surface area contributed by atoms with E-state index in [-0.39, 0.29) is 25.8 Å². The Balaban J connectivity index is 0.00000408. The summed E-state index contributed by atoms with van der Waals surface area (Å²) >= 11 is 1.89. The molecule has 60 heavy (non-hydrogen) atoms. The van der Waals surface area contributed by atoms with Crippen molar-refractivity contribution in [3.8, 4) is 0 Å². The minimum absolute atomic E-state index is 0. The minimum Gasteiger partial charge on any atom is -0.340 e. The van der Waals surface area contributed by atoms with Crippen LogP contribution in [-0.2, 0) is 25.8 Å². The molecule has 0 bridgehead atoms. The zero-order valence-electron chi connectivity index (χ0n) is 32.8. The fraction of sp³-hybridized carbons (Fsp3) is 0.0566. The van der Waals surface area contributed by atoms with E-state index in [0.717, 1.165) is 49.5 Å². The molecule has 11 aromatic rings. The molecule has 0 N–H and O–H groups in total. The molecule has 5 heterocycles. The number of hydrogen-bond acceptors (Lipinski definition) is 4. The van der Waals surface area contributed by atoms with Crippen molar-refractivity contribution in [2.24, 2.45) is 0 Å². The molecule has 4 aromatic heterocycles. The molecule has 0 radical (unpaired) electrons. The van der Waals surface area contributed by atoms with E-state index in [2.05, 4.69) is 205 Å². The average molecular weight is 895 g/mol. The quantitative estimate of drug-likeness (QED) is 0.0747. The van der Waals surface area contributed by atoms with Crippen LogP contribution in [0.3, 0.4) is 0 Å². The van der Waals surface area contributed by atoms with E-state index in [0.29, 0.717) is 0 Å². The van der Waals surface area contributed by atoms with Gasteiger partial charge in [0.05, 0.1) is 11.3 Å². The van der Waals surface area contributed by atoms with E-state index in [1.807, 2.05) is 23.7 Å². The van der Waals surface area contributed by atoms with Crippen LogP contribution in [0.15, 0.2) is 182 Å². The molecular weight excluding hydrogens is 859 g/mol. The second-order valence-corrected chi connectivity index (χ2v) is 20.8. The molecule has 0 amide bonds. The van der Waals surface area contributed by atoms with Gasteiger partial charge in [0.2, 0.25) is 0 Å². The van der Waals surface area contributed by atoms with Gasteiger partial charge in [0.25, 0.3) is 0 Å². The van der Waals surface area contributed by atoms with Crippen LogP contribution in [0.4, 0.5) is 17.2 Å². The second-order valence-electron chi connectivity index (χ2n) is 16.0. The molecule has 288 valence electrons. The summed E-state index contributed by atoms with van der Waals surface area (Å²) in [5.74, 6) is 0.941. The third-order valence-corrected chi connectivity index (χ3v) is 18.4. The Morgan fingerprint density at radius 2 is 1.28 bits per heavy atom. The summed E-state index contributed by atoms with van der Waals surface area (Å²) in [6, 6.07) is 68.0. The first-order chi connectivity index (χ1) is 29.0. The molecule has 0 aliphatic carbocycles. The normalized spacial score (nSPS) is 13.5. The Kier molecular flexibility index (Phi) is 8.56. The third-order valence-electron chi connectivity index (χ3n) is 12.6. The van der Waals surface area contributed by atoms with Gasteiger partial charge in [-0.15, -0.1) is 46.2 Å². The van der Waals surface area contributed by atoms with Crippen LogP contribution in [0.25, 0.3) is 47.5 Å². The summed E-state index contributed by atoms with van der Waals surface area (Å²) in [6.07, 6.45) is 5.88. The Labute approximate surface area is 367 Å². The molecule has 7 heteroatoms. The topological polar surface area (TPSA) is 33.4 Å². The first-order valence-corrected chi connectivity index (χ1v) is 22.9. The van der Waals surface area contributed by atoms with E-state index in [1.165, 1.54) is 47.1 Å². The maximum absolute atomic E-state index is 5.15. The molecule has 12 rings (SSSR count). The van der Waals surface area contributed by atoms with Crippen molar-refractivity contribution < 1.29 is 20.4 Å². The van der Waals surface area contributed by atoms with Gasteiger partial charge in [-0.1, -0.05) is 134 Å². The number of rotatable bonds is 5. The van der Waals surface area contributed by atoms with Crippen molar-refractivity contribution >= 4 is 105 Å². The first kappa shape index (κ1) is 36.8. The number of aromatic nitrogens is 3. The Bertz CT molecular complexity index is 3410. The third kappa shape index (κ3) is 5.17. The summed E-state index contributed by atoms with van der Waals surface area (Å²) in [5.41, 5.74) is 6.38. The number of hydrogen-bond donors (Lipinski definition) is 0. The maximum Gasteiger partial charge on any atom is 2.00 e. The number of benzene rings is 7. The van der Waals surface area contributed by atoms with Gasteiger partial charge in [-0.2, -0.15) is 23.4 Å². The molecule has 1 aliphatic rings. The monoisotopic (exact) mass is 894 g/mol. The fourth-order valence-electron chi connectivity index (χ4n) is 9.95. The molecule has 4 nitrogen and oxygen atoms in total. The van der Waals surface area contributed by atoms with Gasteiger partial charge in [0, 0.05) is 60.8 Å². The number of pyridine rings is 2. The molecule has 0 unspecified atom stereocenters. The minimum atomic E-state index is -3.12. The molecule has 0 spiro atoms. The van der Waals surface area contributed by atoms with Crippen molar-refractivity contribution in [2.75, 3.05) is 4.90 Å². The first-order valence-electron chi connectivity index (χ1n) is 20.1. The van der Waals surface area contributed by atoms with Gasteiger partial charge < -0.3 is 9.30 Å². The molecule has 7 aromatic carbocycles. The average Bonchev–Trinajstić information content (AvgIpc) is 3.94. The zero-order valence-corrected chi connectivity index (χ0v) is 36.2. The molecule has 0 atom stereocenters. The number of thiophene rings is 1. The fourth-order valence-corrected chi connectivity index (χ4v) is 15.9. The van der Waals surface area contributed by atoms with Crippen molar-refractivity contribution in [1.82, 2.24) is 14.4 Å². The molecule has 0 fully saturated rings. The van der Waals surface area contributed by atoms with E-state index in [1.54, 1.807) is 0 Å². The summed E-state index contributed by atoms with van der Waals surface area (Å²) in [4.78, 5) is 12.4. The Morgan fingerprint density at radius 1 is 0.583 bits per heavy atom. The molecular formula is C53H36N4PdSSi. The van der Waals surface area contributed by atoms with E-state index < -0.39 is 8.07 Å². The summed E-state index contributed by atoms with van der Waals surface area (Å²) < 4.78 is 4.83. The molecule has 0 saturated heterocycles. The van der Waals surface area contributed by atoms with Crippen LogP contribution in [0.5, 0.6) is 0 Å². The van der Waals surface area contributed by atoms with Gasteiger partial charge >= 0.3 is 20.4 Å². The number of anilines is 3. The number of fused-ring (bicyclic) bond motifs is 12. The summed E-state index contributed by atoms with van der Waals surface area (Å²) in [5, 5.41) is 10.8. The van der Waals surface area contributed by atoms with Crippen molar-refractivity contribution in [3.63, 3.8) is 0 Å². The number of para-hydroxylation sites is 1. The van der Waals surface area contributed by atoms with Gasteiger partial charge in [-0.3, -0.25) is 4.98 Å². The predicted octanol–water partition coefficient (Wildman–Crippen LogP) is 10.5. The predicted molar refractivity (Wildman–Crippen MR) is 249 cm³/mol. The summed E-state index contributed by atoms with van der Waals surface area (Å²) in [6.45, 7) is 4.71. The van der Waals surface area contributed by atoms with Gasteiger partial charge in [-0.25, -0.2) is 4.98 Å². The van der Waals surface area contributed by atoms with Crippen molar-refractivity contribution in [2.45, 2.75) is 19.3 Å². The smallest absolute Gasteiger partial charge is 0.340 e.